The quantitative estimate of drug-likeness (QED) is 0.592. The van der Waals surface area contributed by atoms with Gasteiger partial charge >= 0.3 is 6.18 Å². The Labute approximate surface area is 113 Å². The van der Waals surface area contributed by atoms with Gasteiger partial charge in [0.1, 0.15) is 6.61 Å². The molecule has 0 saturated heterocycles. The molecule has 0 aliphatic heterocycles. The molecule has 0 amide bonds. The molecule has 0 aromatic carbocycles. The van der Waals surface area contributed by atoms with Crippen molar-refractivity contribution in [2.75, 3.05) is 33.5 Å². The molecule has 0 fully saturated rings. The number of halogens is 3. The van der Waals surface area contributed by atoms with Crippen molar-refractivity contribution in [1.82, 2.24) is 5.32 Å². The number of nitrogens with one attached hydrogen (secondary N) is 1. The summed E-state index contributed by atoms with van der Waals surface area (Å²) in [5, 5.41) is 3.36. The topological polar surface area (TPSA) is 30.5 Å². The van der Waals surface area contributed by atoms with Crippen LogP contribution >= 0.6 is 0 Å². The van der Waals surface area contributed by atoms with Crippen molar-refractivity contribution in [3.63, 3.8) is 0 Å². The van der Waals surface area contributed by atoms with Gasteiger partial charge in [-0.25, -0.2) is 0 Å². The molecule has 6 heteroatoms. The molecule has 0 aromatic heterocycles. The average Bonchev–Trinajstić information content (AvgIpc) is 2.33. The Morgan fingerprint density at radius 2 is 1.84 bits per heavy atom. The zero-order valence-electron chi connectivity index (χ0n) is 12.1. The van der Waals surface area contributed by atoms with Crippen molar-refractivity contribution in [2.45, 2.75) is 45.3 Å². The number of hydrogen-bond donors (Lipinski definition) is 1. The van der Waals surface area contributed by atoms with Gasteiger partial charge in [-0.15, -0.1) is 0 Å². The normalized spacial score (nSPS) is 15.5. The highest BCUT2D eigenvalue weighted by Crippen LogP contribution is 2.16. The van der Waals surface area contributed by atoms with Gasteiger partial charge in [0.05, 0.1) is 0 Å². The Morgan fingerprint density at radius 1 is 1.16 bits per heavy atom. The highest BCUT2D eigenvalue weighted by Gasteiger charge is 2.27. The molecule has 0 radical (unpaired) electrons. The molecule has 1 N–H and O–H groups in total. The van der Waals surface area contributed by atoms with Crippen LogP contribution < -0.4 is 5.32 Å². The van der Waals surface area contributed by atoms with E-state index in [1.807, 2.05) is 0 Å². The van der Waals surface area contributed by atoms with Gasteiger partial charge in [0.15, 0.2) is 0 Å². The van der Waals surface area contributed by atoms with Crippen LogP contribution in [0.2, 0.25) is 0 Å². The minimum absolute atomic E-state index is 0.123. The van der Waals surface area contributed by atoms with Gasteiger partial charge in [-0.2, -0.15) is 13.2 Å². The standard InChI is InChI=1S/C13H26F3NO2/c1-4-7-17-12(11(2)5-8-18-3)6-9-19-10-13(14,15)16/h11-12,17H,4-10H2,1-3H3. The fourth-order valence-electron chi connectivity index (χ4n) is 1.82. The van der Waals surface area contributed by atoms with Crippen molar-refractivity contribution < 1.29 is 22.6 Å². The van der Waals surface area contributed by atoms with E-state index in [0.29, 0.717) is 18.9 Å². The van der Waals surface area contributed by atoms with E-state index in [4.69, 9.17) is 4.74 Å². The van der Waals surface area contributed by atoms with E-state index in [2.05, 4.69) is 23.9 Å². The minimum Gasteiger partial charge on any atom is -0.385 e. The van der Waals surface area contributed by atoms with Gasteiger partial charge in [-0.3, -0.25) is 0 Å². The van der Waals surface area contributed by atoms with Crippen LogP contribution in [0.1, 0.15) is 33.1 Å². The molecular formula is C13H26F3NO2. The van der Waals surface area contributed by atoms with Crippen LogP contribution in [0.25, 0.3) is 0 Å². The fraction of sp³-hybridized carbons (Fsp3) is 1.00. The Kier molecular flexibility index (Phi) is 10.3. The molecule has 3 nitrogen and oxygen atoms in total. The van der Waals surface area contributed by atoms with Crippen molar-refractivity contribution in [1.29, 1.82) is 0 Å². The third kappa shape index (κ3) is 11.2. The number of hydrogen-bond acceptors (Lipinski definition) is 3. The van der Waals surface area contributed by atoms with Crippen LogP contribution in [0.15, 0.2) is 0 Å². The lowest BCUT2D eigenvalue weighted by Crippen LogP contribution is -2.37. The summed E-state index contributed by atoms with van der Waals surface area (Å²) in [6.07, 6.45) is -1.77. The van der Waals surface area contributed by atoms with Crippen LogP contribution in [-0.2, 0) is 9.47 Å². The SMILES string of the molecule is CCCNC(CCOCC(F)(F)F)C(C)CCOC. The summed E-state index contributed by atoms with van der Waals surface area (Å²) in [4.78, 5) is 0. The van der Waals surface area contributed by atoms with Gasteiger partial charge < -0.3 is 14.8 Å². The number of alkyl halides is 3. The Hall–Kier alpha value is -0.330. The number of rotatable bonds is 11. The molecule has 0 aliphatic rings. The first-order valence-electron chi connectivity index (χ1n) is 6.77. The second-order valence-corrected chi connectivity index (χ2v) is 4.78. The van der Waals surface area contributed by atoms with E-state index in [9.17, 15) is 13.2 Å². The minimum atomic E-state index is -4.24. The summed E-state index contributed by atoms with van der Waals surface area (Å²) in [7, 11) is 1.65. The molecule has 0 aliphatic carbocycles. The Balaban J connectivity index is 3.97. The highest BCUT2D eigenvalue weighted by molar-refractivity contribution is 4.73. The van der Waals surface area contributed by atoms with E-state index in [0.717, 1.165) is 19.4 Å². The monoisotopic (exact) mass is 285 g/mol. The summed E-state index contributed by atoms with van der Waals surface area (Å²) in [6.45, 7) is 4.62. The third-order valence-electron chi connectivity index (χ3n) is 2.96. The lowest BCUT2D eigenvalue weighted by Gasteiger charge is -2.25. The summed E-state index contributed by atoms with van der Waals surface area (Å²) >= 11 is 0. The number of methoxy groups -OCH3 is 1. The van der Waals surface area contributed by atoms with E-state index in [1.165, 1.54) is 0 Å². The van der Waals surface area contributed by atoms with Crippen LogP contribution in [-0.4, -0.2) is 45.7 Å². The molecular weight excluding hydrogens is 259 g/mol. The maximum absolute atomic E-state index is 12.0. The zero-order valence-corrected chi connectivity index (χ0v) is 12.1. The van der Waals surface area contributed by atoms with Gasteiger partial charge in [0.25, 0.3) is 0 Å². The van der Waals surface area contributed by atoms with Crippen LogP contribution in [0.4, 0.5) is 13.2 Å². The maximum atomic E-state index is 12.0. The third-order valence-corrected chi connectivity index (χ3v) is 2.96. The van der Waals surface area contributed by atoms with Crippen LogP contribution in [0, 0.1) is 5.92 Å². The van der Waals surface area contributed by atoms with E-state index in [-0.39, 0.29) is 12.6 Å². The second kappa shape index (κ2) is 10.5. The second-order valence-electron chi connectivity index (χ2n) is 4.78. The van der Waals surface area contributed by atoms with Crippen LogP contribution in [0.5, 0.6) is 0 Å². The van der Waals surface area contributed by atoms with Crippen molar-refractivity contribution >= 4 is 0 Å². The predicted molar refractivity (Wildman–Crippen MR) is 69.2 cm³/mol. The van der Waals surface area contributed by atoms with Crippen molar-refractivity contribution in [3.05, 3.63) is 0 Å². The molecule has 0 heterocycles. The first kappa shape index (κ1) is 18.7. The van der Waals surface area contributed by atoms with Crippen molar-refractivity contribution in [2.24, 2.45) is 5.92 Å². The first-order chi connectivity index (χ1) is 8.90. The highest BCUT2D eigenvalue weighted by atomic mass is 19.4. The molecule has 19 heavy (non-hydrogen) atoms. The smallest absolute Gasteiger partial charge is 0.385 e. The predicted octanol–water partition coefficient (Wildman–Crippen LogP) is 3.00. The molecule has 0 bridgehead atoms. The van der Waals surface area contributed by atoms with Gasteiger partial charge in [-0.05, 0) is 31.7 Å². The molecule has 0 rings (SSSR count). The summed E-state index contributed by atoms with van der Waals surface area (Å²) in [5.74, 6) is 0.348. The molecule has 0 spiro atoms. The molecule has 116 valence electrons. The van der Waals surface area contributed by atoms with Gasteiger partial charge in [0, 0.05) is 26.4 Å². The van der Waals surface area contributed by atoms with Gasteiger partial charge in [-0.1, -0.05) is 13.8 Å². The average molecular weight is 285 g/mol. The maximum Gasteiger partial charge on any atom is 0.411 e. The fourth-order valence-corrected chi connectivity index (χ4v) is 1.82. The van der Waals surface area contributed by atoms with Crippen LogP contribution in [0.3, 0.4) is 0 Å². The summed E-state index contributed by atoms with van der Waals surface area (Å²) < 4.78 is 45.5. The molecule has 0 aromatic rings. The van der Waals surface area contributed by atoms with Crippen molar-refractivity contribution in [3.8, 4) is 0 Å². The molecule has 0 saturated carbocycles. The lowest BCUT2D eigenvalue weighted by atomic mass is 9.96. The van der Waals surface area contributed by atoms with Gasteiger partial charge in [0.2, 0.25) is 0 Å². The first-order valence-corrected chi connectivity index (χ1v) is 6.77. The van der Waals surface area contributed by atoms with E-state index >= 15 is 0 Å². The summed E-state index contributed by atoms with van der Waals surface area (Å²) in [6, 6.07) is 0.170. The van der Waals surface area contributed by atoms with E-state index in [1.54, 1.807) is 7.11 Å². The number of ether oxygens (including phenoxy) is 2. The lowest BCUT2D eigenvalue weighted by molar-refractivity contribution is -0.174. The Bertz CT molecular complexity index is 213. The van der Waals surface area contributed by atoms with E-state index < -0.39 is 12.8 Å². The largest absolute Gasteiger partial charge is 0.411 e. The zero-order chi connectivity index (χ0) is 14.7. The molecule has 2 unspecified atom stereocenters. The summed E-state index contributed by atoms with van der Waals surface area (Å²) in [5.41, 5.74) is 0. The Morgan fingerprint density at radius 3 is 2.37 bits per heavy atom. The molecule has 2 atom stereocenters.